The Morgan fingerprint density at radius 2 is 1.96 bits per heavy atom. The maximum Gasteiger partial charge on any atom is 0.232 e. The zero-order valence-electron chi connectivity index (χ0n) is 14.7. The number of ketones is 1. The summed E-state index contributed by atoms with van der Waals surface area (Å²) in [5, 5.41) is 0.993. The molecule has 26 heavy (non-hydrogen) atoms. The molecule has 0 fully saturated rings. The number of rotatable bonds is 4. The number of Topliss-reactive ketones (excluding diaryl/α,β-unsaturated/α-hetero) is 1. The van der Waals surface area contributed by atoms with Crippen LogP contribution >= 0.6 is 23.2 Å². The number of hydrogen-bond donors (Lipinski definition) is 0. The number of aryl methyl sites for hydroxylation is 1. The molecule has 0 aromatic heterocycles. The topological polar surface area (TPSA) is 35.5 Å². The molecule has 3 rings (SSSR count). The second-order valence-electron chi connectivity index (χ2n) is 6.31. The van der Waals surface area contributed by atoms with Crippen molar-refractivity contribution in [2.24, 2.45) is 0 Å². The van der Waals surface area contributed by atoms with Crippen LogP contribution in [-0.4, -0.2) is 12.4 Å². The highest BCUT2D eigenvalue weighted by Gasteiger charge is 2.30. The number of benzene rings is 2. The molecule has 1 heterocycles. The van der Waals surface area contributed by atoms with Crippen LogP contribution in [0.5, 0.6) is 11.5 Å². The normalized spacial score (nSPS) is 14.2. The van der Waals surface area contributed by atoms with Crippen LogP contribution in [0.1, 0.15) is 35.3 Å². The molecule has 0 saturated carbocycles. The number of fused-ring (bicyclic) bond motifs is 1. The average molecular weight is 389 g/mol. The Labute approximate surface area is 162 Å². The molecule has 1 aliphatic heterocycles. The molecule has 1 aliphatic rings. The lowest BCUT2D eigenvalue weighted by Gasteiger charge is -2.07. The Morgan fingerprint density at radius 3 is 2.65 bits per heavy atom. The van der Waals surface area contributed by atoms with E-state index in [1.807, 2.05) is 32.9 Å². The van der Waals surface area contributed by atoms with Crippen LogP contribution in [0.2, 0.25) is 10.0 Å². The zero-order chi connectivity index (χ0) is 18.8. The van der Waals surface area contributed by atoms with Crippen molar-refractivity contribution >= 4 is 35.1 Å². The minimum atomic E-state index is -0.167. The molecular formula is C21H18Cl2O3. The predicted octanol–water partition coefficient (Wildman–Crippen LogP) is 6.26. The van der Waals surface area contributed by atoms with E-state index in [1.54, 1.807) is 30.3 Å². The van der Waals surface area contributed by atoms with Crippen LogP contribution in [0.4, 0.5) is 0 Å². The highest BCUT2D eigenvalue weighted by atomic mass is 35.5. The quantitative estimate of drug-likeness (QED) is 0.457. The third-order valence-electron chi connectivity index (χ3n) is 3.93. The van der Waals surface area contributed by atoms with Gasteiger partial charge in [0.15, 0.2) is 5.76 Å². The minimum absolute atomic E-state index is 0.167. The van der Waals surface area contributed by atoms with E-state index in [0.29, 0.717) is 39.3 Å². The van der Waals surface area contributed by atoms with Gasteiger partial charge in [0.1, 0.15) is 18.1 Å². The predicted molar refractivity (Wildman–Crippen MR) is 106 cm³/mol. The summed E-state index contributed by atoms with van der Waals surface area (Å²) in [5.74, 6) is 1.23. The van der Waals surface area contributed by atoms with Gasteiger partial charge in [0.2, 0.25) is 5.78 Å². The molecule has 0 saturated heterocycles. The van der Waals surface area contributed by atoms with Crippen molar-refractivity contribution in [1.82, 2.24) is 0 Å². The summed E-state index contributed by atoms with van der Waals surface area (Å²) >= 11 is 12.1. The summed E-state index contributed by atoms with van der Waals surface area (Å²) in [6.07, 6.45) is 3.62. The summed E-state index contributed by atoms with van der Waals surface area (Å²) in [6.45, 7) is 6.36. The van der Waals surface area contributed by atoms with E-state index in [2.05, 4.69) is 0 Å². The largest absolute Gasteiger partial charge is 0.489 e. The molecule has 134 valence electrons. The first kappa shape index (κ1) is 18.6. The van der Waals surface area contributed by atoms with Crippen molar-refractivity contribution < 1.29 is 14.3 Å². The van der Waals surface area contributed by atoms with Crippen molar-refractivity contribution in [2.45, 2.75) is 20.8 Å². The molecule has 0 spiro atoms. The molecule has 5 heteroatoms. The molecular weight excluding hydrogens is 371 g/mol. The number of carbonyl (C=O) groups is 1. The Bertz CT molecular complexity index is 939. The van der Waals surface area contributed by atoms with E-state index in [9.17, 15) is 4.79 Å². The van der Waals surface area contributed by atoms with Gasteiger partial charge in [-0.25, -0.2) is 0 Å². The molecule has 0 N–H and O–H groups in total. The molecule has 3 nitrogen and oxygen atoms in total. The van der Waals surface area contributed by atoms with E-state index in [4.69, 9.17) is 32.7 Å². The molecule has 0 aliphatic carbocycles. The number of carbonyl (C=O) groups excluding carboxylic acids is 1. The van der Waals surface area contributed by atoms with Crippen molar-refractivity contribution in [2.75, 3.05) is 6.61 Å². The van der Waals surface area contributed by atoms with Crippen LogP contribution in [0.3, 0.4) is 0 Å². The lowest BCUT2D eigenvalue weighted by Crippen LogP contribution is -2.00. The Hall–Kier alpha value is -2.23. The molecule has 0 atom stereocenters. The van der Waals surface area contributed by atoms with Gasteiger partial charge in [0.25, 0.3) is 0 Å². The SMILES string of the molecule is CC(C)=CCOc1cc(C)c2c(c1)O/C(=C\c1ccc(Cl)cc1Cl)C2=O. The van der Waals surface area contributed by atoms with Crippen molar-refractivity contribution in [1.29, 1.82) is 0 Å². The highest BCUT2D eigenvalue weighted by Crippen LogP contribution is 2.38. The van der Waals surface area contributed by atoms with Crippen LogP contribution in [-0.2, 0) is 0 Å². The maximum absolute atomic E-state index is 12.7. The third kappa shape index (κ3) is 3.95. The van der Waals surface area contributed by atoms with Gasteiger partial charge >= 0.3 is 0 Å². The van der Waals surface area contributed by atoms with Gasteiger partial charge in [-0.1, -0.05) is 34.8 Å². The Balaban J connectivity index is 1.89. The molecule has 2 aromatic rings. The van der Waals surface area contributed by atoms with Crippen molar-refractivity contribution in [3.8, 4) is 11.5 Å². The van der Waals surface area contributed by atoms with E-state index in [-0.39, 0.29) is 11.5 Å². The molecule has 0 bridgehead atoms. The molecule has 2 aromatic carbocycles. The maximum atomic E-state index is 12.7. The van der Waals surface area contributed by atoms with E-state index in [1.165, 1.54) is 5.57 Å². The Kier molecular flexibility index (Phi) is 5.40. The standard InChI is InChI=1S/C21H18Cl2O3/c1-12(2)6-7-25-16-8-13(3)20-18(11-16)26-19(21(20)24)9-14-4-5-15(22)10-17(14)23/h4-6,8-11H,7H2,1-3H3/b19-9-. The van der Waals surface area contributed by atoms with Gasteiger partial charge in [-0.05, 0) is 62.2 Å². The first-order valence-electron chi connectivity index (χ1n) is 8.15. The monoisotopic (exact) mass is 388 g/mol. The molecule has 0 radical (unpaired) electrons. The second-order valence-corrected chi connectivity index (χ2v) is 7.16. The van der Waals surface area contributed by atoms with Crippen LogP contribution < -0.4 is 9.47 Å². The lowest BCUT2D eigenvalue weighted by atomic mass is 10.0. The summed E-state index contributed by atoms with van der Waals surface area (Å²) in [4.78, 5) is 12.7. The number of ether oxygens (including phenoxy) is 2. The first-order valence-corrected chi connectivity index (χ1v) is 8.91. The van der Waals surface area contributed by atoms with Crippen molar-refractivity contribution in [3.63, 3.8) is 0 Å². The molecule has 0 amide bonds. The summed E-state index contributed by atoms with van der Waals surface area (Å²) in [7, 11) is 0. The Morgan fingerprint density at radius 1 is 1.19 bits per heavy atom. The smallest absolute Gasteiger partial charge is 0.232 e. The van der Waals surface area contributed by atoms with Crippen LogP contribution in [0.15, 0.2) is 47.7 Å². The van der Waals surface area contributed by atoms with E-state index < -0.39 is 0 Å². The highest BCUT2D eigenvalue weighted by molar-refractivity contribution is 6.35. The van der Waals surface area contributed by atoms with Crippen LogP contribution in [0.25, 0.3) is 6.08 Å². The van der Waals surface area contributed by atoms with Gasteiger partial charge in [0, 0.05) is 16.1 Å². The fraction of sp³-hybridized carbons (Fsp3) is 0.190. The van der Waals surface area contributed by atoms with Gasteiger partial charge in [-0.2, -0.15) is 0 Å². The number of hydrogen-bond acceptors (Lipinski definition) is 3. The van der Waals surface area contributed by atoms with Gasteiger partial charge in [0.05, 0.1) is 5.56 Å². The summed E-state index contributed by atoms with van der Waals surface area (Å²) in [6, 6.07) is 8.67. The summed E-state index contributed by atoms with van der Waals surface area (Å²) in [5.41, 5.74) is 3.21. The van der Waals surface area contributed by atoms with Gasteiger partial charge in [-0.3, -0.25) is 4.79 Å². The third-order valence-corrected chi connectivity index (χ3v) is 4.50. The lowest BCUT2D eigenvalue weighted by molar-refractivity contribution is 0.101. The average Bonchev–Trinajstić information content (AvgIpc) is 2.86. The number of halogens is 2. The zero-order valence-corrected chi connectivity index (χ0v) is 16.2. The fourth-order valence-electron chi connectivity index (χ4n) is 2.63. The molecule has 0 unspecified atom stereocenters. The first-order chi connectivity index (χ1) is 12.3. The van der Waals surface area contributed by atoms with E-state index >= 15 is 0 Å². The van der Waals surface area contributed by atoms with Crippen molar-refractivity contribution in [3.05, 3.63) is 74.5 Å². The van der Waals surface area contributed by atoms with Gasteiger partial charge < -0.3 is 9.47 Å². The van der Waals surface area contributed by atoms with E-state index in [0.717, 1.165) is 5.56 Å². The van der Waals surface area contributed by atoms with Crippen LogP contribution in [0, 0.1) is 6.92 Å². The second kappa shape index (κ2) is 7.56. The fourth-order valence-corrected chi connectivity index (χ4v) is 3.09. The van der Waals surface area contributed by atoms with Gasteiger partial charge in [-0.15, -0.1) is 0 Å². The minimum Gasteiger partial charge on any atom is -0.489 e. The summed E-state index contributed by atoms with van der Waals surface area (Å²) < 4.78 is 11.5. The number of allylic oxidation sites excluding steroid dienone is 2.